The zero-order valence-electron chi connectivity index (χ0n) is 14.5. The number of carbonyl (C=O) groups excluding carboxylic acids is 2. The van der Waals surface area contributed by atoms with E-state index in [1.165, 1.54) is 0 Å². The lowest BCUT2D eigenvalue weighted by atomic mass is 9.73. The van der Waals surface area contributed by atoms with Crippen molar-refractivity contribution >= 4 is 17.3 Å². The van der Waals surface area contributed by atoms with E-state index in [1.807, 2.05) is 38.1 Å². The summed E-state index contributed by atoms with van der Waals surface area (Å²) >= 11 is 0. The van der Waals surface area contributed by atoms with E-state index < -0.39 is 0 Å². The predicted octanol–water partition coefficient (Wildman–Crippen LogP) is 4.54. The highest BCUT2D eigenvalue weighted by molar-refractivity contribution is 6.23. The summed E-state index contributed by atoms with van der Waals surface area (Å²) in [5.74, 6) is 0.254. The second kappa shape index (κ2) is 6.69. The van der Waals surface area contributed by atoms with Crippen LogP contribution >= 0.6 is 0 Å². The quantitative estimate of drug-likeness (QED) is 0.656. The molecule has 1 N–H and O–H groups in total. The average molecular weight is 312 g/mol. The number of benzene rings is 1. The molecule has 0 unspecified atom stereocenters. The molecule has 0 aromatic heterocycles. The van der Waals surface area contributed by atoms with E-state index in [1.54, 1.807) is 0 Å². The van der Waals surface area contributed by atoms with E-state index in [0.29, 0.717) is 30.8 Å². The highest BCUT2D eigenvalue weighted by Gasteiger charge is 2.37. The summed E-state index contributed by atoms with van der Waals surface area (Å²) in [4.78, 5) is 25.2. The lowest BCUT2D eigenvalue weighted by molar-refractivity contribution is -0.127. The normalized spacial score (nSPS) is 17.6. The number of hydrogen-bond donors (Lipinski definition) is 1. The first kappa shape index (κ1) is 17.5. The minimum atomic E-state index is -0.245. The Balaban J connectivity index is 2.43. The van der Waals surface area contributed by atoms with Crippen LogP contribution in [0, 0.1) is 18.3 Å². The number of Topliss-reactive ketones (excluding diaryl/α,β-unsaturated/α-hetero) is 2. The van der Waals surface area contributed by atoms with Gasteiger partial charge < -0.3 is 5.32 Å². The van der Waals surface area contributed by atoms with Gasteiger partial charge in [-0.05, 0) is 36.3 Å². The van der Waals surface area contributed by atoms with E-state index in [-0.39, 0.29) is 17.0 Å². The largest absolute Gasteiger partial charge is 0.358 e. The van der Waals surface area contributed by atoms with Crippen LogP contribution in [0.15, 0.2) is 35.5 Å². The Morgan fingerprint density at radius 2 is 1.74 bits per heavy atom. The minimum Gasteiger partial charge on any atom is -0.358 e. The highest BCUT2D eigenvalue weighted by Crippen LogP contribution is 2.36. The number of nitrogens with one attached hydrogen (secondary N) is 1. The Labute approximate surface area is 139 Å². The first-order valence-electron chi connectivity index (χ1n) is 8.17. The fourth-order valence-corrected chi connectivity index (χ4v) is 3.03. The Morgan fingerprint density at radius 3 is 2.26 bits per heavy atom. The molecule has 0 amide bonds. The van der Waals surface area contributed by atoms with Crippen LogP contribution in [0.2, 0.25) is 0 Å². The monoisotopic (exact) mass is 312 g/mol. The van der Waals surface area contributed by atoms with Gasteiger partial charge in [-0.25, -0.2) is 0 Å². The Morgan fingerprint density at radius 1 is 1.17 bits per heavy atom. The van der Waals surface area contributed by atoms with Crippen LogP contribution in [-0.4, -0.2) is 11.6 Å². The van der Waals surface area contributed by atoms with Gasteiger partial charge in [0.25, 0.3) is 0 Å². The van der Waals surface area contributed by atoms with Crippen LogP contribution in [0.25, 0.3) is 0 Å². The summed E-state index contributed by atoms with van der Waals surface area (Å²) < 4.78 is 0. The van der Waals surface area contributed by atoms with Gasteiger partial charge in [0.1, 0.15) is 0 Å². The zero-order chi connectivity index (χ0) is 17.2. The fourth-order valence-electron chi connectivity index (χ4n) is 3.03. The van der Waals surface area contributed by atoms with Gasteiger partial charge in [0.05, 0.1) is 5.57 Å². The molecule has 1 aliphatic rings. The van der Waals surface area contributed by atoms with E-state index in [9.17, 15) is 9.59 Å². The van der Waals surface area contributed by atoms with Gasteiger partial charge in [-0.1, -0.05) is 45.9 Å². The maximum atomic E-state index is 12.6. The number of carbonyl (C=O) groups is 2. The van der Waals surface area contributed by atoms with E-state index in [2.05, 4.69) is 26.1 Å². The molecule has 1 aromatic carbocycles. The van der Waals surface area contributed by atoms with Gasteiger partial charge in [-0.15, -0.1) is 0 Å². The van der Waals surface area contributed by atoms with Crippen molar-refractivity contribution in [3.8, 4) is 0 Å². The summed E-state index contributed by atoms with van der Waals surface area (Å²) in [6.45, 7) is 12.1. The molecule has 1 aromatic rings. The molecule has 3 heteroatoms. The molecule has 23 heavy (non-hydrogen) atoms. The van der Waals surface area contributed by atoms with Crippen molar-refractivity contribution in [1.29, 1.82) is 0 Å². The number of anilines is 1. The highest BCUT2D eigenvalue weighted by atomic mass is 16.2. The second-order valence-corrected chi connectivity index (χ2v) is 7.60. The third kappa shape index (κ3) is 4.31. The standard InChI is InChI=1S/C20H26NO2/c1-13(2)10-16(21-15-9-7-6-8-14(15)3)19-17(22)11-20(4,5)12-18(19)23/h6-9,13,21H,3,10-12H2,1-2,4-5H3. The SMILES string of the molecule is [CH2]c1ccccc1NC(CC(C)C)=C1C(=O)CC(C)(C)CC1=O. The molecule has 1 fully saturated rings. The predicted molar refractivity (Wildman–Crippen MR) is 94.0 cm³/mol. The van der Waals surface area contributed by atoms with Crippen LogP contribution < -0.4 is 5.32 Å². The van der Waals surface area contributed by atoms with Gasteiger partial charge in [-0.3, -0.25) is 9.59 Å². The summed E-state index contributed by atoms with van der Waals surface area (Å²) in [6, 6.07) is 7.67. The van der Waals surface area contributed by atoms with E-state index >= 15 is 0 Å². The average Bonchev–Trinajstić information content (AvgIpc) is 2.38. The zero-order valence-corrected chi connectivity index (χ0v) is 14.5. The number of para-hydroxylation sites is 1. The van der Waals surface area contributed by atoms with Gasteiger partial charge >= 0.3 is 0 Å². The van der Waals surface area contributed by atoms with Gasteiger partial charge in [0.2, 0.25) is 0 Å². The first-order valence-corrected chi connectivity index (χ1v) is 8.17. The molecule has 0 aliphatic heterocycles. The smallest absolute Gasteiger partial charge is 0.168 e. The molecule has 1 saturated carbocycles. The third-order valence-corrected chi connectivity index (χ3v) is 4.05. The Hall–Kier alpha value is -1.90. The maximum absolute atomic E-state index is 12.6. The summed E-state index contributed by atoms with van der Waals surface area (Å²) in [6.07, 6.45) is 1.51. The molecule has 1 radical (unpaired) electrons. The van der Waals surface area contributed by atoms with Gasteiger partial charge in [0, 0.05) is 24.2 Å². The molecular weight excluding hydrogens is 286 g/mol. The van der Waals surface area contributed by atoms with Crippen LogP contribution in [0.1, 0.15) is 52.5 Å². The van der Waals surface area contributed by atoms with Crippen LogP contribution in [0.3, 0.4) is 0 Å². The van der Waals surface area contributed by atoms with Crippen LogP contribution in [-0.2, 0) is 9.59 Å². The van der Waals surface area contributed by atoms with Crippen LogP contribution in [0.4, 0.5) is 5.69 Å². The van der Waals surface area contributed by atoms with Crippen molar-refractivity contribution in [2.75, 3.05) is 5.32 Å². The minimum absolute atomic E-state index is 0.0454. The lowest BCUT2D eigenvalue weighted by Gasteiger charge is -2.30. The summed E-state index contributed by atoms with van der Waals surface area (Å²) in [5, 5.41) is 3.31. The van der Waals surface area contributed by atoms with Crippen LogP contribution in [0.5, 0.6) is 0 Å². The lowest BCUT2D eigenvalue weighted by Crippen LogP contribution is -2.33. The molecule has 0 saturated heterocycles. The van der Waals surface area contributed by atoms with E-state index in [4.69, 9.17) is 0 Å². The molecule has 0 spiro atoms. The summed E-state index contributed by atoms with van der Waals surface area (Å²) in [5.41, 5.74) is 2.56. The first-order chi connectivity index (χ1) is 10.7. The number of rotatable bonds is 4. The van der Waals surface area contributed by atoms with Crippen molar-refractivity contribution < 1.29 is 9.59 Å². The number of allylic oxidation sites excluding steroid dienone is 2. The van der Waals surface area contributed by atoms with Crippen molar-refractivity contribution in [3.63, 3.8) is 0 Å². The molecule has 0 atom stereocenters. The molecule has 0 heterocycles. The molecule has 2 rings (SSSR count). The fraction of sp³-hybridized carbons (Fsp3) is 0.450. The van der Waals surface area contributed by atoms with Crippen molar-refractivity contribution in [1.82, 2.24) is 0 Å². The Bertz CT molecular complexity index is 631. The molecule has 0 bridgehead atoms. The molecular formula is C20H26NO2. The molecule has 123 valence electrons. The maximum Gasteiger partial charge on any atom is 0.168 e. The second-order valence-electron chi connectivity index (χ2n) is 7.60. The topological polar surface area (TPSA) is 46.2 Å². The molecule has 1 aliphatic carbocycles. The van der Waals surface area contributed by atoms with Gasteiger partial charge in [-0.2, -0.15) is 0 Å². The van der Waals surface area contributed by atoms with Gasteiger partial charge in [0.15, 0.2) is 11.6 Å². The third-order valence-electron chi connectivity index (χ3n) is 4.05. The molecule has 3 nitrogen and oxygen atoms in total. The number of hydrogen-bond acceptors (Lipinski definition) is 3. The van der Waals surface area contributed by atoms with Crippen molar-refractivity contribution in [2.24, 2.45) is 11.3 Å². The summed E-state index contributed by atoms with van der Waals surface area (Å²) in [7, 11) is 0. The number of ketones is 2. The Kier molecular flexibility index (Phi) is 5.08. The van der Waals surface area contributed by atoms with Crippen molar-refractivity contribution in [2.45, 2.75) is 47.0 Å². The van der Waals surface area contributed by atoms with Crippen molar-refractivity contribution in [3.05, 3.63) is 48.0 Å². The van der Waals surface area contributed by atoms with E-state index in [0.717, 1.165) is 16.9 Å².